The number of ether oxygens (including phenoxy) is 1. The van der Waals surface area contributed by atoms with Gasteiger partial charge < -0.3 is 10.5 Å². The summed E-state index contributed by atoms with van der Waals surface area (Å²) >= 11 is 0.670. The van der Waals surface area contributed by atoms with E-state index in [1.165, 1.54) is 13.2 Å². The van der Waals surface area contributed by atoms with Gasteiger partial charge in [0.25, 0.3) is 0 Å². The number of rotatable bonds is 5. The first kappa shape index (κ1) is 17.8. The Balaban J connectivity index is 2.68. The predicted molar refractivity (Wildman–Crippen MR) is 83.9 cm³/mol. The summed E-state index contributed by atoms with van der Waals surface area (Å²) in [5, 5.41) is 5.11. The van der Waals surface area contributed by atoms with E-state index >= 15 is 0 Å². The Hall–Kier alpha value is -0.520. The minimum absolute atomic E-state index is 0.000718. The van der Waals surface area contributed by atoms with E-state index in [1.54, 1.807) is 0 Å². The van der Waals surface area contributed by atoms with E-state index in [4.69, 9.17) is 15.6 Å². The fourth-order valence-corrected chi connectivity index (χ4v) is 8.11. The lowest BCUT2D eigenvalue weighted by Gasteiger charge is -2.38. The molecule has 1 aliphatic heterocycles. The molecule has 0 fully saturated rings. The van der Waals surface area contributed by atoms with Gasteiger partial charge in [0.1, 0.15) is 13.2 Å². The molecule has 7 nitrogen and oxygen atoms in total. The lowest BCUT2D eigenvalue weighted by molar-refractivity contribution is 0.148. The van der Waals surface area contributed by atoms with Crippen molar-refractivity contribution in [2.75, 3.05) is 13.7 Å². The van der Waals surface area contributed by atoms with Crippen LogP contribution in [0.5, 0.6) is 0 Å². The zero-order valence-electron chi connectivity index (χ0n) is 12.4. The first-order valence-electron chi connectivity index (χ1n) is 6.75. The highest BCUT2D eigenvalue weighted by Gasteiger charge is 2.51. The molecular formula is C12H20N2O5S3. The highest BCUT2D eigenvalue weighted by atomic mass is 32.3. The quantitative estimate of drug-likeness (QED) is 0.789. The smallest absolute Gasteiger partial charge is 0.247 e. The third-order valence-electron chi connectivity index (χ3n) is 3.90. The van der Waals surface area contributed by atoms with Crippen LogP contribution in [0.3, 0.4) is 0 Å². The molecule has 2 atom stereocenters. The molecule has 0 amide bonds. The molecule has 0 bridgehead atoms. The summed E-state index contributed by atoms with van der Waals surface area (Å²) in [6.07, 6.45) is 1.25. The number of sulfone groups is 1. The molecule has 0 saturated heterocycles. The average molecular weight is 369 g/mol. The Kier molecular flexibility index (Phi) is 4.73. The highest BCUT2D eigenvalue weighted by molar-refractivity contribution is 7.96. The van der Waals surface area contributed by atoms with Crippen molar-refractivity contribution in [3.63, 3.8) is 0 Å². The second kappa shape index (κ2) is 5.84. The molecule has 2 unspecified atom stereocenters. The van der Waals surface area contributed by atoms with Crippen LogP contribution in [-0.4, -0.2) is 35.3 Å². The van der Waals surface area contributed by atoms with Crippen LogP contribution in [-0.2, 0) is 24.6 Å². The van der Waals surface area contributed by atoms with Gasteiger partial charge in [-0.3, -0.25) is 0 Å². The van der Waals surface area contributed by atoms with E-state index in [0.29, 0.717) is 29.7 Å². The third-order valence-corrected chi connectivity index (χ3v) is 9.53. The van der Waals surface area contributed by atoms with Gasteiger partial charge in [0.15, 0.2) is 9.84 Å². The molecule has 22 heavy (non-hydrogen) atoms. The Morgan fingerprint density at radius 2 is 2.14 bits per heavy atom. The topological polar surface area (TPSA) is 130 Å². The molecule has 1 aromatic heterocycles. The summed E-state index contributed by atoms with van der Waals surface area (Å²) in [4.78, 5) is 0. The molecule has 0 radical (unpaired) electrons. The van der Waals surface area contributed by atoms with Gasteiger partial charge in [0, 0.05) is 13.2 Å². The van der Waals surface area contributed by atoms with Crippen LogP contribution >= 0.6 is 11.3 Å². The second-order valence-electron chi connectivity index (χ2n) is 5.53. The monoisotopic (exact) mass is 368 g/mol. The van der Waals surface area contributed by atoms with Gasteiger partial charge in [-0.2, -0.15) is 0 Å². The highest BCUT2D eigenvalue weighted by Crippen LogP contribution is 2.48. The predicted octanol–water partition coefficient (Wildman–Crippen LogP) is 0.758. The van der Waals surface area contributed by atoms with Gasteiger partial charge in [0.2, 0.25) is 10.0 Å². The maximum atomic E-state index is 13.0. The molecule has 1 aliphatic rings. The maximum absolute atomic E-state index is 13.0. The number of hydrogen-bond acceptors (Lipinski definition) is 7. The Morgan fingerprint density at radius 1 is 1.50 bits per heavy atom. The molecule has 10 heteroatoms. The van der Waals surface area contributed by atoms with Gasteiger partial charge in [0.05, 0.1) is 6.61 Å². The number of sulfonamides is 1. The van der Waals surface area contributed by atoms with Crippen molar-refractivity contribution in [1.82, 2.24) is 0 Å². The molecule has 0 saturated carbocycles. The van der Waals surface area contributed by atoms with Crippen LogP contribution in [0.15, 0.2) is 14.5 Å². The maximum Gasteiger partial charge on any atom is 0.247 e. The summed E-state index contributed by atoms with van der Waals surface area (Å²) < 4.78 is 52.9. The fraction of sp³-hybridized carbons (Fsp3) is 0.667. The lowest BCUT2D eigenvalue weighted by Crippen LogP contribution is -2.48. The van der Waals surface area contributed by atoms with Crippen LogP contribution in [0.25, 0.3) is 0 Å². The molecular weight excluding hydrogens is 348 g/mol. The first-order valence-corrected chi connectivity index (χ1v) is 10.6. The van der Waals surface area contributed by atoms with Crippen LogP contribution in [0.1, 0.15) is 37.8 Å². The van der Waals surface area contributed by atoms with Crippen molar-refractivity contribution in [2.45, 2.75) is 45.4 Å². The molecule has 126 valence electrons. The van der Waals surface area contributed by atoms with Crippen molar-refractivity contribution < 1.29 is 21.6 Å². The van der Waals surface area contributed by atoms with E-state index in [1.807, 2.05) is 6.92 Å². The van der Waals surface area contributed by atoms with Crippen LogP contribution in [0.4, 0.5) is 0 Å². The van der Waals surface area contributed by atoms with Crippen LogP contribution in [0, 0.1) is 0 Å². The van der Waals surface area contributed by atoms with Crippen molar-refractivity contribution in [3.8, 4) is 0 Å². The normalized spacial score (nSPS) is 27.5. The summed E-state index contributed by atoms with van der Waals surface area (Å²) in [5.41, 5.74) is 6.44. The van der Waals surface area contributed by atoms with Gasteiger partial charge >= 0.3 is 0 Å². The molecule has 2 heterocycles. The van der Waals surface area contributed by atoms with Gasteiger partial charge in [-0.1, -0.05) is 13.3 Å². The molecule has 0 aliphatic carbocycles. The van der Waals surface area contributed by atoms with Gasteiger partial charge in [-0.25, -0.2) is 22.0 Å². The number of fused-ring (bicyclic) bond motifs is 1. The van der Waals surface area contributed by atoms with E-state index < -0.39 is 30.6 Å². The van der Waals surface area contributed by atoms with E-state index in [2.05, 4.69) is 0 Å². The van der Waals surface area contributed by atoms with E-state index in [0.717, 1.165) is 0 Å². The van der Waals surface area contributed by atoms with Crippen molar-refractivity contribution in [2.24, 2.45) is 10.9 Å². The first-order chi connectivity index (χ1) is 10.1. The summed E-state index contributed by atoms with van der Waals surface area (Å²) in [6, 6.07) is 0.715. The van der Waals surface area contributed by atoms with Crippen LogP contribution < -0.4 is 10.9 Å². The number of hydrogen-bond donors (Lipinski definition) is 2. The zero-order chi connectivity index (χ0) is 16.8. The summed E-state index contributed by atoms with van der Waals surface area (Å²) in [7, 11) is -6.27. The minimum Gasteiger partial charge on any atom is -0.383 e. The Bertz CT molecular complexity index is 761. The van der Waals surface area contributed by atoms with Gasteiger partial charge in [-0.15, -0.1) is 11.3 Å². The lowest BCUT2D eigenvalue weighted by atomic mass is 9.92. The van der Waals surface area contributed by atoms with E-state index in [9.17, 15) is 16.8 Å². The molecule has 0 aromatic carbocycles. The summed E-state index contributed by atoms with van der Waals surface area (Å²) in [6.45, 7) is 1.91. The number of primary sulfonamides is 1. The molecule has 4 N–H and O–H groups in total. The Labute approximate surface area is 134 Å². The fourth-order valence-electron chi connectivity index (χ4n) is 2.96. The number of nitrogens with two attached hydrogens (primary N) is 2. The average Bonchev–Trinajstić information content (AvgIpc) is 2.83. The largest absolute Gasteiger partial charge is 0.383 e. The van der Waals surface area contributed by atoms with Crippen molar-refractivity contribution in [3.05, 3.63) is 11.6 Å². The number of thiophene rings is 1. The van der Waals surface area contributed by atoms with Gasteiger partial charge in [-0.05, 0) is 24.5 Å². The van der Waals surface area contributed by atoms with E-state index in [-0.39, 0.29) is 21.4 Å². The summed E-state index contributed by atoms with van der Waals surface area (Å²) in [5.74, 6) is 0. The second-order valence-corrected chi connectivity index (χ2v) is 10.9. The molecule has 1 aromatic rings. The number of methoxy groups -OCH3 is 1. The van der Waals surface area contributed by atoms with Crippen LogP contribution in [0.2, 0.25) is 0 Å². The molecule has 2 rings (SSSR count). The minimum atomic E-state index is -3.97. The standard InChI is InChI=1S/C12H20N2O5S3/c1-3-4-12(7-19-2)6-9(13)8-5-10(22(14,17)18)20-11(8)21(12,15)16/h5,9H,3-4,6-7,13H2,1-2H3,(H2,14,17,18). The SMILES string of the molecule is CCCC1(COC)CC(N)c2cc(S(N)(=O)=O)sc2S1(=O)=O. The third kappa shape index (κ3) is 2.72. The Morgan fingerprint density at radius 3 is 2.64 bits per heavy atom. The van der Waals surface area contributed by atoms with Crippen molar-refractivity contribution >= 4 is 31.2 Å². The zero-order valence-corrected chi connectivity index (χ0v) is 14.9. The molecule has 0 spiro atoms. The van der Waals surface area contributed by atoms with Crippen molar-refractivity contribution in [1.29, 1.82) is 0 Å².